The molecule has 1 heterocycles. The number of fused-ring (bicyclic) bond motifs is 1. The lowest BCUT2D eigenvalue weighted by Gasteiger charge is -2.27. The number of amides is 1. The number of nitrogens with zero attached hydrogens (tertiary/aromatic N) is 1. The average Bonchev–Trinajstić information content (AvgIpc) is 2.32. The summed E-state index contributed by atoms with van der Waals surface area (Å²) in [5, 5.41) is 0. The third kappa shape index (κ3) is 1.88. The first-order valence-electron chi connectivity index (χ1n) is 5.21. The lowest BCUT2D eigenvalue weighted by molar-refractivity contribution is 0.0399. The highest BCUT2D eigenvalue weighted by Gasteiger charge is 2.24. The molecule has 1 aliphatic rings. The van der Waals surface area contributed by atoms with Crippen LogP contribution in [0.5, 0.6) is 5.75 Å². The molecule has 1 aromatic rings. The largest absolute Gasteiger partial charge is 0.497 e. The number of benzene rings is 1. The monoisotopic (exact) mass is 221 g/mol. The minimum absolute atomic E-state index is 0.0331. The minimum Gasteiger partial charge on any atom is -0.497 e. The maximum Gasteiger partial charge on any atom is 0.255 e. The fraction of sp³-hybridized carbons (Fsp3) is 0.417. The Morgan fingerprint density at radius 2 is 2.19 bits per heavy atom. The molecule has 0 aliphatic carbocycles. The molecule has 2 rings (SSSR count). The Morgan fingerprint density at radius 3 is 2.88 bits per heavy atom. The predicted molar refractivity (Wildman–Crippen MR) is 59.6 cm³/mol. The second kappa shape index (κ2) is 4.53. The van der Waals surface area contributed by atoms with E-state index in [1.54, 1.807) is 19.1 Å². The van der Waals surface area contributed by atoms with Crippen LogP contribution in [0.25, 0.3) is 0 Å². The minimum atomic E-state index is 0.0331. The van der Waals surface area contributed by atoms with Crippen molar-refractivity contribution in [2.45, 2.75) is 6.42 Å². The molecule has 0 bridgehead atoms. The van der Waals surface area contributed by atoms with Gasteiger partial charge >= 0.3 is 0 Å². The first kappa shape index (κ1) is 11.0. The van der Waals surface area contributed by atoms with E-state index in [0.29, 0.717) is 13.3 Å². The van der Waals surface area contributed by atoms with Crippen LogP contribution in [0.15, 0.2) is 18.2 Å². The topological polar surface area (TPSA) is 38.8 Å². The van der Waals surface area contributed by atoms with E-state index in [2.05, 4.69) is 0 Å². The number of hydrogen-bond acceptors (Lipinski definition) is 3. The standard InChI is InChI=1S/C12H15NO3/c1-15-8-13-6-5-9-7-10(16-2)3-4-11(9)12(13)14/h3-4,7H,5-6,8H2,1-2H3. The van der Waals surface area contributed by atoms with Crippen molar-refractivity contribution < 1.29 is 14.3 Å². The van der Waals surface area contributed by atoms with E-state index in [0.717, 1.165) is 23.3 Å². The predicted octanol–water partition coefficient (Wildman–Crippen LogP) is 1.30. The Balaban J connectivity index is 2.28. The number of carbonyl (C=O) groups excluding carboxylic acids is 1. The normalized spacial score (nSPS) is 14.9. The van der Waals surface area contributed by atoms with Crippen LogP contribution in [0.1, 0.15) is 15.9 Å². The summed E-state index contributed by atoms with van der Waals surface area (Å²) in [7, 11) is 3.22. The molecule has 0 fully saturated rings. The summed E-state index contributed by atoms with van der Waals surface area (Å²) < 4.78 is 10.1. The molecule has 1 amide bonds. The third-order valence-electron chi connectivity index (χ3n) is 2.77. The summed E-state index contributed by atoms with van der Waals surface area (Å²) >= 11 is 0. The van der Waals surface area contributed by atoms with Crippen LogP contribution >= 0.6 is 0 Å². The lowest BCUT2D eigenvalue weighted by atomic mass is 9.99. The van der Waals surface area contributed by atoms with Gasteiger partial charge in [0.2, 0.25) is 0 Å². The number of rotatable bonds is 3. The Morgan fingerprint density at radius 1 is 1.38 bits per heavy atom. The van der Waals surface area contributed by atoms with Gasteiger partial charge in [-0.1, -0.05) is 0 Å². The third-order valence-corrected chi connectivity index (χ3v) is 2.77. The van der Waals surface area contributed by atoms with E-state index in [-0.39, 0.29) is 5.91 Å². The zero-order valence-corrected chi connectivity index (χ0v) is 9.53. The summed E-state index contributed by atoms with van der Waals surface area (Å²) in [5.74, 6) is 0.831. The molecule has 0 spiro atoms. The van der Waals surface area contributed by atoms with Gasteiger partial charge in [0.1, 0.15) is 12.5 Å². The van der Waals surface area contributed by atoms with Crippen LogP contribution in [-0.2, 0) is 11.2 Å². The number of ether oxygens (including phenoxy) is 2. The van der Waals surface area contributed by atoms with Crippen molar-refractivity contribution in [1.82, 2.24) is 4.90 Å². The van der Waals surface area contributed by atoms with Crippen molar-refractivity contribution in [3.05, 3.63) is 29.3 Å². The van der Waals surface area contributed by atoms with Crippen molar-refractivity contribution in [1.29, 1.82) is 0 Å². The van der Waals surface area contributed by atoms with E-state index in [1.165, 1.54) is 0 Å². The molecule has 4 nitrogen and oxygen atoms in total. The average molecular weight is 221 g/mol. The van der Waals surface area contributed by atoms with E-state index in [4.69, 9.17) is 9.47 Å². The maximum atomic E-state index is 12.0. The lowest BCUT2D eigenvalue weighted by Crippen LogP contribution is -2.38. The Bertz CT molecular complexity index is 403. The van der Waals surface area contributed by atoms with Gasteiger partial charge in [0.15, 0.2) is 0 Å². The van der Waals surface area contributed by atoms with E-state index < -0.39 is 0 Å². The first-order valence-corrected chi connectivity index (χ1v) is 5.21. The Hall–Kier alpha value is -1.55. The van der Waals surface area contributed by atoms with Crippen molar-refractivity contribution in [2.75, 3.05) is 27.5 Å². The zero-order chi connectivity index (χ0) is 11.5. The van der Waals surface area contributed by atoms with Gasteiger partial charge < -0.3 is 14.4 Å². The molecule has 0 saturated heterocycles. The quantitative estimate of drug-likeness (QED) is 0.772. The van der Waals surface area contributed by atoms with Gasteiger partial charge in [-0.25, -0.2) is 0 Å². The molecule has 0 radical (unpaired) electrons. The van der Waals surface area contributed by atoms with Crippen LogP contribution < -0.4 is 4.74 Å². The van der Waals surface area contributed by atoms with Crippen molar-refractivity contribution in [3.63, 3.8) is 0 Å². The number of carbonyl (C=O) groups is 1. The fourth-order valence-electron chi connectivity index (χ4n) is 1.92. The summed E-state index contributed by atoms with van der Waals surface area (Å²) in [6.07, 6.45) is 0.849. The molecule has 0 saturated carbocycles. The highest BCUT2D eigenvalue weighted by atomic mass is 16.5. The van der Waals surface area contributed by atoms with Gasteiger partial charge in [-0.2, -0.15) is 0 Å². The van der Waals surface area contributed by atoms with Gasteiger partial charge in [-0.15, -0.1) is 0 Å². The maximum absolute atomic E-state index is 12.0. The number of hydrogen-bond donors (Lipinski definition) is 0. The highest BCUT2D eigenvalue weighted by molar-refractivity contribution is 5.96. The fourth-order valence-corrected chi connectivity index (χ4v) is 1.92. The SMILES string of the molecule is COCN1CCc2cc(OC)ccc2C1=O. The van der Waals surface area contributed by atoms with Gasteiger partial charge in [0.25, 0.3) is 5.91 Å². The molecule has 4 heteroatoms. The molecule has 0 atom stereocenters. The van der Waals surface area contributed by atoms with E-state index in [1.807, 2.05) is 18.2 Å². The van der Waals surface area contributed by atoms with Gasteiger partial charge in [0.05, 0.1) is 7.11 Å². The van der Waals surface area contributed by atoms with E-state index >= 15 is 0 Å². The molecule has 0 aromatic heterocycles. The first-order chi connectivity index (χ1) is 7.76. The van der Waals surface area contributed by atoms with Gasteiger partial charge in [0, 0.05) is 19.2 Å². The molecular formula is C12H15NO3. The molecule has 86 valence electrons. The van der Waals surface area contributed by atoms with Crippen LogP contribution in [0, 0.1) is 0 Å². The summed E-state index contributed by atoms with van der Waals surface area (Å²) in [6.45, 7) is 1.05. The van der Waals surface area contributed by atoms with Crippen molar-refractivity contribution in [3.8, 4) is 5.75 Å². The molecule has 1 aliphatic heterocycles. The van der Waals surface area contributed by atoms with Crippen LogP contribution in [-0.4, -0.2) is 38.3 Å². The second-order valence-corrected chi connectivity index (χ2v) is 3.76. The Kier molecular flexibility index (Phi) is 3.10. The zero-order valence-electron chi connectivity index (χ0n) is 9.53. The summed E-state index contributed by atoms with van der Waals surface area (Å²) in [6, 6.07) is 5.56. The van der Waals surface area contributed by atoms with Crippen LogP contribution in [0.4, 0.5) is 0 Å². The molecular weight excluding hydrogens is 206 g/mol. The van der Waals surface area contributed by atoms with E-state index in [9.17, 15) is 4.79 Å². The number of methoxy groups -OCH3 is 2. The molecule has 0 N–H and O–H groups in total. The van der Waals surface area contributed by atoms with Gasteiger partial charge in [-0.05, 0) is 30.2 Å². The molecule has 16 heavy (non-hydrogen) atoms. The van der Waals surface area contributed by atoms with Crippen LogP contribution in [0.3, 0.4) is 0 Å². The summed E-state index contributed by atoms with van der Waals surface area (Å²) in [4.78, 5) is 13.7. The van der Waals surface area contributed by atoms with Crippen molar-refractivity contribution in [2.24, 2.45) is 0 Å². The van der Waals surface area contributed by atoms with Gasteiger partial charge in [-0.3, -0.25) is 4.79 Å². The summed E-state index contributed by atoms with van der Waals surface area (Å²) in [5.41, 5.74) is 1.81. The molecule has 1 aromatic carbocycles. The second-order valence-electron chi connectivity index (χ2n) is 3.76. The van der Waals surface area contributed by atoms with Crippen LogP contribution in [0.2, 0.25) is 0 Å². The highest BCUT2D eigenvalue weighted by Crippen LogP contribution is 2.23. The van der Waals surface area contributed by atoms with Crippen molar-refractivity contribution >= 4 is 5.91 Å². The molecule has 0 unspecified atom stereocenters. The Labute approximate surface area is 94.8 Å². The smallest absolute Gasteiger partial charge is 0.255 e.